The molecule has 0 amide bonds. The molecule has 0 bridgehead atoms. The van der Waals surface area contributed by atoms with Crippen LogP contribution in [-0.2, 0) is 9.47 Å². The van der Waals surface area contributed by atoms with Gasteiger partial charge in [-0.15, -0.1) is 0 Å². The Labute approximate surface area is 67.9 Å². The van der Waals surface area contributed by atoms with Crippen molar-refractivity contribution in [3.63, 3.8) is 0 Å². The van der Waals surface area contributed by atoms with Crippen LogP contribution in [-0.4, -0.2) is 32.5 Å². The summed E-state index contributed by atoms with van der Waals surface area (Å²) in [7, 11) is 0. The van der Waals surface area contributed by atoms with Gasteiger partial charge in [-0.25, -0.2) is 0 Å². The molecule has 0 aromatic rings. The first-order chi connectivity index (χ1) is 5.29. The summed E-state index contributed by atoms with van der Waals surface area (Å²) in [6.45, 7) is 5.17. The van der Waals surface area contributed by atoms with Crippen LogP contribution >= 0.6 is 0 Å². The Bertz CT molecular complexity index is 100. The maximum absolute atomic E-state index is 5.52. The molecule has 0 saturated carbocycles. The fourth-order valence-corrected chi connectivity index (χ4v) is 1.14. The molecule has 1 fully saturated rings. The predicted molar refractivity (Wildman–Crippen MR) is 43.4 cm³/mol. The second-order valence-electron chi connectivity index (χ2n) is 3.24. The molecule has 2 unspecified atom stereocenters. The van der Waals surface area contributed by atoms with Crippen LogP contribution in [0.5, 0.6) is 0 Å². The lowest BCUT2D eigenvalue weighted by Gasteiger charge is -2.09. The van der Waals surface area contributed by atoms with E-state index in [9.17, 15) is 0 Å². The van der Waals surface area contributed by atoms with Crippen LogP contribution in [0.3, 0.4) is 0 Å². The van der Waals surface area contributed by atoms with Crippen LogP contribution in [0.15, 0.2) is 0 Å². The lowest BCUT2D eigenvalue weighted by atomic mass is 10.1. The third-order valence-electron chi connectivity index (χ3n) is 1.76. The summed E-state index contributed by atoms with van der Waals surface area (Å²) in [6.07, 6.45) is 1.14. The van der Waals surface area contributed by atoms with Crippen molar-refractivity contribution in [1.29, 1.82) is 0 Å². The van der Waals surface area contributed by atoms with Gasteiger partial charge in [-0.1, -0.05) is 0 Å². The Hall–Kier alpha value is -0.120. The van der Waals surface area contributed by atoms with Gasteiger partial charge in [0.15, 0.2) is 0 Å². The maximum Gasteiger partial charge on any atom is 0.0614 e. The van der Waals surface area contributed by atoms with Crippen LogP contribution < -0.4 is 5.73 Å². The number of rotatable bonds is 4. The van der Waals surface area contributed by atoms with Crippen molar-refractivity contribution in [2.75, 3.05) is 26.4 Å². The third-order valence-corrected chi connectivity index (χ3v) is 1.76. The van der Waals surface area contributed by atoms with E-state index in [4.69, 9.17) is 15.2 Å². The minimum Gasteiger partial charge on any atom is -0.381 e. The van der Waals surface area contributed by atoms with Crippen molar-refractivity contribution in [2.24, 2.45) is 11.7 Å². The topological polar surface area (TPSA) is 44.5 Å². The fraction of sp³-hybridized carbons (Fsp3) is 1.00. The van der Waals surface area contributed by atoms with E-state index in [0.717, 1.165) is 26.2 Å². The van der Waals surface area contributed by atoms with Crippen LogP contribution in [0, 0.1) is 5.92 Å². The van der Waals surface area contributed by atoms with Crippen molar-refractivity contribution in [3.05, 3.63) is 0 Å². The molecular weight excluding hydrogens is 142 g/mol. The smallest absolute Gasteiger partial charge is 0.0614 e. The minimum atomic E-state index is 0.150. The van der Waals surface area contributed by atoms with Crippen molar-refractivity contribution in [3.8, 4) is 0 Å². The highest BCUT2D eigenvalue weighted by Gasteiger charge is 2.15. The molecule has 1 rings (SSSR count). The molecule has 0 aromatic heterocycles. The van der Waals surface area contributed by atoms with Gasteiger partial charge in [-0.3, -0.25) is 0 Å². The van der Waals surface area contributed by atoms with Gasteiger partial charge >= 0.3 is 0 Å². The predicted octanol–water partition coefficient (Wildman–Crippen LogP) is 0.387. The zero-order valence-corrected chi connectivity index (χ0v) is 7.08. The van der Waals surface area contributed by atoms with E-state index < -0.39 is 0 Å². The van der Waals surface area contributed by atoms with Crippen molar-refractivity contribution in [1.82, 2.24) is 0 Å². The fourth-order valence-electron chi connectivity index (χ4n) is 1.14. The van der Waals surface area contributed by atoms with Gasteiger partial charge < -0.3 is 15.2 Å². The number of ether oxygens (including phenoxy) is 2. The number of nitrogens with two attached hydrogens (primary N) is 1. The van der Waals surface area contributed by atoms with E-state index >= 15 is 0 Å². The molecule has 11 heavy (non-hydrogen) atoms. The lowest BCUT2D eigenvalue weighted by Crippen LogP contribution is -2.23. The van der Waals surface area contributed by atoms with E-state index in [0.29, 0.717) is 12.5 Å². The summed E-state index contributed by atoms with van der Waals surface area (Å²) in [4.78, 5) is 0. The average Bonchev–Trinajstić information content (AvgIpc) is 2.39. The maximum atomic E-state index is 5.52. The standard InChI is InChI=1S/C8H17NO2/c1-7(9)4-11-6-8-2-3-10-5-8/h7-8H,2-6,9H2,1H3. The summed E-state index contributed by atoms with van der Waals surface area (Å²) in [5.41, 5.74) is 5.52. The van der Waals surface area contributed by atoms with E-state index in [1.807, 2.05) is 6.92 Å². The van der Waals surface area contributed by atoms with E-state index in [1.54, 1.807) is 0 Å². The van der Waals surface area contributed by atoms with Gasteiger partial charge in [-0.05, 0) is 13.3 Å². The Kier molecular flexibility index (Phi) is 3.83. The first-order valence-electron chi connectivity index (χ1n) is 4.20. The van der Waals surface area contributed by atoms with Crippen molar-refractivity contribution < 1.29 is 9.47 Å². The van der Waals surface area contributed by atoms with Crippen molar-refractivity contribution >= 4 is 0 Å². The second-order valence-corrected chi connectivity index (χ2v) is 3.24. The van der Waals surface area contributed by atoms with Crippen LogP contribution in [0.25, 0.3) is 0 Å². The SMILES string of the molecule is CC(N)COCC1CCOC1. The molecule has 3 heteroatoms. The van der Waals surface area contributed by atoms with Crippen LogP contribution in [0.4, 0.5) is 0 Å². The second kappa shape index (κ2) is 4.70. The zero-order chi connectivity index (χ0) is 8.10. The highest BCUT2D eigenvalue weighted by atomic mass is 16.5. The first-order valence-corrected chi connectivity index (χ1v) is 4.20. The molecule has 1 aliphatic rings. The Morgan fingerprint density at radius 2 is 2.55 bits per heavy atom. The molecule has 1 heterocycles. The first kappa shape index (κ1) is 8.97. The summed E-state index contributed by atoms with van der Waals surface area (Å²) in [6, 6.07) is 0.150. The molecule has 1 aliphatic heterocycles. The molecule has 2 atom stereocenters. The van der Waals surface area contributed by atoms with Gasteiger partial charge in [0.25, 0.3) is 0 Å². The van der Waals surface area contributed by atoms with Gasteiger partial charge in [-0.2, -0.15) is 0 Å². The Balaban J connectivity index is 1.94. The highest BCUT2D eigenvalue weighted by Crippen LogP contribution is 2.11. The molecule has 3 nitrogen and oxygen atoms in total. The molecule has 1 saturated heterocycles. The summed E-state index contributed by atoms with van der Waals surface area (Å²) < 4.78 is 10.6. The summed E-state index contributed by atoms with van der Waals surface area (Å²) >= 11 is 0. The largest absolute Gasteiger partial charge is 0.381 e. The molecular formula is C8H17NO2. The van der Waals surface area contributed by atoms with Gasteiger partial charge in [0.05, 0.1) is 19.8 Å². The van der Waals surface area contributed by atoms with Crippen molar-refractivity contribution in [2.45, 2.75) is 19.4 Å². The highest BCUT2D eigenvalue weighted by molar-refractivity contribution is 4.63. The van der Waals surface area contributed by atoms with Crippen LogP contribution in [0.2, 0.25) is 0 Å². The number of hydrogen-bond donors (Lipinski definition) is 1. The lowest BCUT2D eigenvalue weighted by molar-refractivity contribution is 0.0834. The minimum absolute atomic E-state index is 0.150. The zero-order valence-electron chi connectivity index (χ0n) is 7.08. The molecule has 0 spiro atoms. The summed E-state index contributed by atoms with van der Waals surface area (Å²) in [5, 5.41) is 0. The normalized spacial score (nSPS) is 27.3. The molecule has 0 aromatic carbocycles. The number of hydrogen-bond acceptors (Lipinski definition) is 3. The molecule has 0 aliphatic carbocycles. The van der Waals surface area contributed by atoms with E-state index in [2.05, 4.69) is 0 Å². The quantitative estimate of drug-likeness (QED) is 0.645. The Morgan fingerprint density at radius 1 is 1.73 bits per heavy atom. The molecule has 2 N–H and O–H groups in total. The molecule has 66 valence electrons. The monoisotopic (exact) mass is 159 g/mol. The van der Waals surface area contributed by atoms with E-state index in [1.165, 1.54) is 0 Å². The van der Waals surface area contributed by atoms with Crippen LogP contribution in [0.1, 0.15) is 13.3 Å². The van der Waals surface area contributed by atoms with Gasteiger partial charge in [0, 0.05) is 18.6 Å². The van der Waals surface area contributed by atoms with Gasteiger partial charge in [0.2, 0.25) is 0 Å². The molecule has 0 radical (unpaired) electrons. The van der Waals surface area contributed by atoms with E-state index in [-0.39, 0.29) is 6.04 Å². The third kappa shape index (κ3) is 3.70. The average molecular weight is 159 g/mol. The van der Waals surface area contributed by atoms with Gasteiger partial charge in [0.1, 0.15) is 0 Å². The summed E-state index contributed by atoms with van der Waals surface area (Å²) in [5.74, 6) is 0.605. The Morgan fingerprint density at radius 3 is 3.09 bits per heavy atom.